The smallest absolute Gasteiger partial charge is 0.272 e. The molecule has 0 amide bonds. The maximum atomic E-state index is 11.4. The number of nitrogens with zero attached hydrogens (tertiary/aromatic N) is 1. The van der Waals surface area contributed by atoms with Crippen LogP contribution in [0.1, 0.15) is 32.6 Å². The topological polar surface area (TPSA) is 53.6 Å². The van der Waals surface area contributed by atoms with Crippen LogP contribution in [0.3, 0.4) is 0 Å². The lowest BCUT2D eigenvalue weighted by Crippen LogP contribution is -2.25. The van der Waals surface area contributed by atoms with Gasteiger partial charge in [-0.2, -0.15) is 0 Å². The fourth-order valence-electron chi connectivity index (χ4n) is 2.48. The van der Waals surface area contributed by atoms with E-state index in [2.05, 4.69) is 17.1 Å². The van der Waals surface area contributed by atoms with Crippen LogP contribution < -0.4 is 5.69 Å². The third-order valence-corrected chi connectivity index (χ3v) is 3.57. The van der Waals surface area contributed by atoms with Crippen LogP contribution in [0.4, 0.5) is 0 Å². The normalized spacial score (nSPS) is 26.7. The minimum Gasteiger partial charge on any atom is -0.272 e. The first-order valence-corrected chi connectivity index (χ1v) is 5.95. The molecule has 0 bridgehead atoms. The summed E-state index contributed by atoms with van der Waals surface area (Å²) in [5.74, 6) is 1.40. The summed E-state index contributed by atoms with van der Waals surface area (Å²) in [5, 5.41) is 5.19. The van der Waals surface area contributed by atoms with Crippen molar-refractivity contribution < 1.29 is 0 Å². The molecule has 1 aliphatic rings. The van der Waals surface area contributed by atoms with Gasteiger partial charge < -0.3 is 0 Å². The molecular weight excluding hydrogens is 210 g/mol. The molecule has 1 aromatic heterocycles. The van der Waals surface area contributed by atoms with Gasteiger partial charge in [-0.25, -0.2) is 9.89 Å². The highest BCUT2D eigenvalue weighted by Crippen LogP contribution is 2.29. The van der Waals surface area contributed by atoms with E-state index >= 15 is 0 Å². The molecule has 1 aromatic rings. The number of hydrogen-bond acceptors (Lipinski definition) is 2. The van der Waals surface area contributed by atoms with Crippen molar-refractivity contribution >= 4 is 12.2 Å². The first kappa shape index (κ1) is 10.7. The molecule has 0 radical (unpaired) electrons. The Morgan fingerprint density at radius 1 is 1.47 bits per heavy atom. The maximum absolute atomic E-state index is 11.4. The molecule has 0 aromatic carbocycles. The van der Waals surface area contributed by atoms with Crippen LogP contribution in [-0.4, -0.2) is 14.8 Å². The standard InChI is InChI=1S/C10H17N3OS/c1-7-3-2-4-8(5-7)6-13-9(14)11-12-10(13)15/h7-8H,2-6H2,1H3,(H,11,14)(H,12,15). The fraction of sp³-hybridized carbons (Fsp3) is 0.800. The third kappa shape index (κ3) is 2.40. The van der Waals surface area contributed by atoms with E-state index in [-0.39, 0.29) is 5.69 Å². The van der Waals surface area contributed by atoms with Gasteiger partial charge >= 0.3 is 5.69 Å². The van der Waals surface area contributed by atoms with Crippen LogP contribution in [0, 0.1) is 16.6 Å². The van der Waals surface area contributed by atoms with Gasteiger partial charge in [0.15, 0.2) is 4.77 Å². The van der Waals surface area contributed by atoms with Crippen molar-refractivity contribution in [3.63, 3.8) is 0 Å². The molecule has 2 N–H and O–H groups in total. The number of aromatic nitrogens is 3. The average Bonchev–Trinajstić information content (AvgIpc) is 2.50. The molecule has 4 nitrogen and oxygen atoms in total. The molecule has 84 valence electrons. The Morgan fingerprint density at radius 2 is 2.27 bits per heavy atom. The predicted octanol–water partition coefficient (Wildman–Crippen LogP) is 2.06. The Labute approximate surface area is 93.7 Å². The molecule has 2 rings (SSSR count). The van der Waals surface area contributed by atoms with E-state index in [1.165, 1.54) is 25.7 Å². The van der Waals surface area contributed by atoms with Gasteiger partial charge in [0, 0.05) is 6.54 Å². The molecule has 0 aliphatic heterocycles. The van der Waals surface area contributed by atoms with E-state index in [0.717, 1.165) is 12.5 Å². The molecule has 2 atom stereocenters. The van der Waals surface area contributed by atoms with Crippen molar-refractivity contribution in [3.05, 3.63) is 15.3 Å². The molecule has 15 heavy (non-hydrogen) atoms. The summed E-state index contributed by atoms with van der Waals surface area (Å²) < 4.78 is 2.15. The Kier molecular flexibility index (Phi) is 3.09. The summed E-state index contributed by atoms with van der Waals surface area (Å²) >= 11 is 5.05. The summed E-state index contributed by atoms with van der Waals surface area (Å²) in [6.07, 6.45) is 5.04. The van der Waals surface area contributed by atoms with E-state index in [1.807, 2.05) is 0 Å². The van der Waals surface area contributed by atoms with Crippen molar-refractivity contribution in [2.75, 3.05) is 0 Å². The number of rotatable bonds is 2. The summed E-state index contributed by atoms with van der Waals surface area (Å²) in [5.41, 5.74) is -0.113. The van der Waals surface area contributed by atoms with Gasteiger partial charge in [0.1, 0.15) is 0 Å². The SMILES string of the molecule is CC1CCCC(Cn2c(=O)[nH][nH]c2=S)C1. The first-order valence-electron chi connectivity index (χ1n) is 5.54. The average molecular weight is 227 g/mol. The molecule has 0 spiro atoms. The fourth-order valence-corrected chi connectivity index (χ4v) is 2.69. The lowest BCUT2D eigenvalue weighted by molar-refractivity contribution is 0.254. The van der Waals surface area contributed by atoms with Crippen LogP contribution in [0.5, 0.6) is 0 Å². The summed E-state index contributed by atoms with van der Waals surface area (Å²) in [7, 11) is 0. The largest absolute Gasteiger partial charge is 0.342 e. The zero-order chi connectivity index (χ0) is 10.8. The second kappa shape index (κ2) is 4.35. The molecule has 1 heterocycles. The van der Waals surface area contributed by atoms with Gasteiger partial charge in [-0.15, -0.1) is 0 Å². The Hall–Kier alpha value is -0.840. The van der Waals surface area contributed by atoms with Gasteiger partial charge in [-0.05, 0) is 36.9 Å². The van der Waals surface area contributed by atoms with Crippen LogP contribution in [0.15, 0.2) is 4.79 Å². The van der Waals surface area contributed by atoms with Crippen molar-refractivity contribution in [1.29, 1.82) is 0 Å². The monoisotopic (exact) mass is 227 g/mol. The summed E-state index contributed by atoms with van der Waals surface area (Å²) in [6, 6.07) is 0. The lowest BCUT2D eigenvalue weighted by Gasteiger charge is -2.26. The minimum atomic E-state index is -0.113. The highest BCUT2D eigenvalue weighted by Gasteiger charge is 2.20. The first-order chi connectivity index (χ1) is 7.16. The van der Waals surface area contributed by atoms with Crippen LogP contribution in [0.25, 0.3) is 0 Å². The zero-order valence-corrected chi connectivity index (χ0v) is 9.77. The van der Waals surface area contributed by atoms with E-state index in [0.29, 0.717) is 10.7 Å². The van der Waals surface area contributed by atoms with Crippen LogP contribution >= 0.6 is 12.2 Å². The summed E-state index contributed by atoms with van der Waals surface area (Å²) in [4.78, 5) is 11.4. The van der Waals surface area contributed by atoms with Crippen LogP contribution in [0.2, 0.25) is 0 Å². The van der Waals surface area contributed by atoms with E-state index in [1.54, 1.807) is 4.57 Å². The van der Waals surface area contributed by atoms with Crippen molar-refractivity contribution in [2.24, 2.45) is 11.8 Å². The van der Waals surface area contributed by atoms with Crippen molar-refractivity contribution in [1.82, 2.24) is 14.8 Å². The second-order valence-corrected chi connectivity index (χ2v) is 5.00. The highest BCUT2D eigenvalue weighted by atomic mass is 32.1. The molecule has 1 aliphatic carbocycles. The molecular formula is C10H17N3OS. The predicted molar refractivity (Wildman–Crippen MR) is 61.4 cm³/mol. The quantitative estimate of drug-likeness (QED) is 0.760. The second-order valence-electron chi connectivity index (χ2n) is 4.61. The number of H-pyrrole nitrogens is 2. The summed E-state index contributed by atoms with van der Waals surface area (Å²) in [6.45, 7) is 3.05. The van der Waals surface area contributed by atoms with Crippen molar-refractivity contribution in [3.8, 4) is 0 Å². The van der Waals surface area contributed by atoms with Crippen LogP contribution in [-0.2, 0) is 6.54 Å². The van der Waals surface area contributed by atoms with Gasteiger partial charge in [0.25, 0.3) is 0 Å². The Bertz CT molecular complexity index is 403. The number of aromatic amines is 2. The van der Waals surface area contributed by atoms with Crippen molar-refractivity contribution in [2.45, 2.75) is 39.2 Å². The Balaban J connectivity index is 2.08. The van der Waals surface area contributed by atoms with Gasteiger partial charge in [-0.1, -0.05) is 19.8 Å². The number of hydrogen-bond donors (Lipinski definition) is 2. The van der Waals surface area contributed by atoms with E-state index in [9.17, 15) is 4.79 Å². The third-order valence-electron chi connectivity index (χ3n) is 3.25. The molecule has 2 unspecified atom stereocenters. The zero-order valence-electron chi connectivity index (χ0n) is 8.95. The lowest BCUT2D eigenvalue weighted by atomic mass is 9.82. The Morgan fingerprint density at radius 3 is 2.87 bits per heavy atom. The van der Waals surface area contributed by atoms with E-state index < -0.39 is 0 Å². The molecule has 0 saturated heterocycles. The van der Waals surface area contributed by atoms with E-state index in [4.69, 9.17) is 12.2 Å². The maximum Gasteiger partial charge on any atom is 0.342 e. The molecule has 5 heteroatoms. The van der Waals surface area contributed by atoms with Gasteiger partial charge in [0.05, 0.1) is 0 Å². The highest BCUT2D eigenvalue weighted by molar-refractivity contribution is 7.71. The van der Waals surface area contributed by atoms with Gasteiger partial charge in [0.2, 0.25) is 0 Å². The van der Waals surface area contributed by atoms with Gasteiger partial charge in [-0.3, -0.25) is 9.67 Å². The molecule has 1 saturated carbocycles. The minimum absolute atomic E-state index is 0.113. The number of nitrogens with one attached hydrogen (secondary N) is 2. The molecule has 1 fully saturated rings.